The van der Waals surface area contributed by atoms with Gasteiger partial charge in [0, 0.05) is 12.1 Å². The third-order valence-electron chi connectivity index (χ3n) is 5.91. The Balaban J connectivity index is 1.75. The molecule has 0 radical (unpaired) electrons. The highest BCUT2D eigenvalue weighted by Crippen LogP contribution is 2.37. The molecule has 29 heavy (non-hydrogen) atoms. The highest BCUT2D eigenvalue weighted by Gasteiger charge is 2.39. The molecule has 3 heterocycles. The van der Waals surface area contributed by atoms with E-state index in [-0.39, 0.29) is 23.1 Å². The third-order valence-corrected chi connectivity index (χ3v) is 6.58. The highest BCUT2D eigenvalue weighted by atomic mass is 32.1. The molecule has 0 bridgehead atoms. The maximum atomic E-state index is 13.5. The van der Waals surface area contributed by atoms with Crippen molar-refractivity contribution >= 4 is 24.4 Å². The molecule has 1 amide bonds. The molecule has 0 saturated carbocycles. The van der Waals surface area contributed by atoms with Gasteiger partial charge in [-0.05, 0) is 64.0 Å². The van der Waals surface area contributed by atoms with Gasteiger partial charge in [-0.15, -0.1) is 0 Å². The van der Waals surface area contributed by atoms with E-state index in [0.29, 0.717) is 6.54 Å². The van der Waals surface area contributed by atoms with E-state index in [9.17, 15) is 9.18 Å². The number of thiol groups is 1. The summed E-state index contributed by atoms with van der Waals surface area (Å²) < 4.78 is 15.4. The minimum absolute atomic E-state index is 0.0507. The number of aromatic nitrogens is 2. The molecule has 2 aliphatic rings. The zero-order valence-electron chi connectivity index (χ0n) is 17.1. The average molecular weight is 418 g/mol. The predicted octanol–water partition coefficient (Wildman–Crippen LogP) is 3.21. The summed E-state index contributed by atoms with van der Waals surface area (Å²) >= 11 is 4.99. The van der Waals surface area contributed by atoms with Crippen LogP contribution in [0, 0.1) is 5.82 Å². The van der Waals surface area contributed by atoms with Gasteiger partial charge in [-0.1, -0.05) is 6.92 Å². The Morgan fingerprint density at radius 2 is 2.03 bits per heavy atom. The monoisotopic (exact) mass is 417 g/mol. The molecule has 0 unspecified atom stereocenters. The first-order valence-electron chi connectivity index (χ1n) is 10.1. The Morgan fingerprint density at radius 1 is 1.31 bits per heavy atom. The summed E-state index contributed by atoms with van der Waals surface area (Å²) in [4.78, 5) is 19.3. The fourth-order valence-corrected chi connectivity index (χ4v) is 4.94. The molecule has 1 saturated heterocycles. The summed E-state index contributed by atoms with van der Waals surface area (Å²) in [6.45, 7) is 8.84. The maximum Gasteiger partial charge on any atom is 0.240 e. The lowest BCUT2D eigenvalue weighted by atomic mass is 10.0. The first-order chi connectivity index (χ1) is 13.7. The van der Waals surface area contributed by atoms with E-state index in [1.807, 2.05) is 18.4 Å². The van der Waals surface area contributed by atoms with Crippen molar-refractivity contribution in [3.63, 3.8) is 0 Å². The van der Waals surface area contributed by atoms with E-state index < -0.39 is 5.54 Å². The van der Waals surface area contributed by atoms with Gasteiger partial charge in [0.05, 0.1) is 10.4 Å². The lowest BCUT2D eigenvalue weighted by molar-refractivity contribution is -0.124. The number of rotatable bonds is 5. The molecule has 8 heteroatoms. The topological polar surface area (TPSA) is 62.2 Å². The molecule has 156 valence electrons. The molecule has 0 aliphatic carbocycles. The van der Waals surface area contributed by atoms with Crippen LogP contribution in [0.4, 0.5) is 10.2 Å². The molecule has 2 aliphatic heterocycles. The quantitative estimate of drug-likeness (QED) is 0.654. The van der Waals surface area contributed by atoms with Crippen LogP contribution in [0.1, 0.15) is 39.4 Å². The lowest BCUT2D eigenvalue weighted by Crippen LogP contribution is -2.49. The summed E-state index contributed by atoms with van der Waals surface area (Å²) in [6.07, 6.45) is 2.11. The second-order valence-corrected chi connectivity index (χ2v) is 9.25. The van der Waals surface area contributed by atoms with Crippen LogP contribution in [0.25, 0.3) is 11.3 Å². The summed E-state index contributed by atoms with van der Waals surface area (Å²) in [6, 6.07) is 6.31. The van der Waals surface area contributed by atoms with Gasteiger partial charge in [0.25, 0.3) is 0 Å². The van der Waals surface area contributed by atoms with Crippen LogP contribution >= 0.6 is 12.6 Å². The average Bonchev–Trinajstić information content (AvgIpc) is 3.21. The second-order valence-electron chi connectivity index (χ2n) is 8.42. The third kappa shape index (κ3) is 3.64. The van der Waals surface area contributed by atoms with Crippen molar-refractivity contribution in [3.8, 4) is 11.3 Å². The standard InChI is InChI=1S/C21H28FN5OS/c1-4-26-11-5-10-21(26,29)13-23-18-17(14-6-8-15(22)9-7-14)24-19-20(2,3)25-16(28)12-27(18)19/h6-9,23,29H,4-5,10-13H2,1-3H3,(H,25,28)/t21-/m1/s1. The van der Waals surface area contributed by atoms with Gasteiger partial charge in [0.1, 0.15) is 29.7 Å². The number of benzene rings is 1. The van der Waals surface area contributed by atoms with E-state index in [1.54, 1.807) is 12.1 Å². The molecule has 2 N–H and O–H groups in total. The number of hydrogen-bond acceptors (Lipinski definition) is 5. The number of halogens is 1. The van der Waals surface area contributed by atoms with E-state index >= 15 is 0 Å². The Kier molecular flexibility index (Phi) is 5.11. The minimum atomic E-state index is -0.592. The predicted molar refractivity (Wildman–Crippen MR) is 115 cm³/mol. The number of likely N-dealkylation sites (tertiary alicyclic amines) is 1. The Hall–Kier alpha value is -2.06. The molecule has 1 aromatic heterocycles. The van der Waals surface area contributed by atoms with Gasteiger partial charge < -0.3 is 15.2 Å². The SMILES string of the molecule is CCN1CCC[C@@]1(S)CNc1c(-c2ccc(F)cc2)nc2n1CC(=O)NC2(C)C. The minimum Gasteiger partial charge on any atom is -0.367 e. The molecule has 4 rings (SSSR count). The van der Waals surface area contributed by atoms with E-state index in [0.717, 1.165) is 48.8 Å². The molecule has 6 nitrogen and oxygen atoms in total. The molecule has 1 fully saturated rings. The fraction of sp³-hybridized carbons (Fsp3) is 0.524. The van der Waals surface area contributed by atoms with Crippen molar-refractivity contribution in [3.05, 3.63) is 35.9 Å². The van der Waals surface area contributed by atoms with E-state index in [1.165, 1.54) is 12.1 Å². The molecular formula is C21H28FN5OS. The normalized spacial score (nSPS) is 23.7. The molecule has 2 aromatic rings. The van der Waals surface area contributed by atoms with Gasteiger partial charge in [0.2, 0.25) is 5.91 Å². The number of anilines is 1. The van der Waals surface area contributed by atoms with Crippen molar-refractivity contribution in [2.24, 2.45) is 0 Å². The smallest absolute Gasteiger partial charge is 0.240 e. The zero-order valence-corrected chi connectivity index (χ0v) is 18.0. The highest BCUT2D eigenvalue weighted by molar-refractivity contribution is 7.81. The summed E-state index contributed by atoms with van der Waals surface area (Å²) in [5.74, 6) is 1.23. The number of carbonyl (C=O) groups excluding carboxylic acids is 1. The summed E-state index contributed by atoms with van der Waals surface area (Å²) in [5.41, 5.74) is 0.944. The van der Waals surface area contributed by atoms with Crippen LogP contribution in [-0.4, -0.2) is 44.9 Å². The van der Waals surface area contributed by atoms with Crippen molar-refractivity contribution in [1.29, 1.82) is 0 Å². The van der Waals surface area contributed by atoms with Crippen LogP contribution in [0.2, 0.25) is 0 Å². The Morgan fingerprint density at radius 3 is 2.72 bits per heavy atom. The number of fused-ring (bicyclic) bond motifs is 1. The van der Waals surface area contributed by atoms with Crippen LogP contribution in [0.5, 0.6) is 0 Å². The van der Waals surface area contributed by atoms with E-state index in [4.69, 9.17) is 17.6 Å². The van der Waals surface area contributed by atoms with Gasteiger partial charge in [-0.2, -0.15) is 12.6 Å². The molecule has 1 aromatic carbocycles. The van der Waals surface area contributed by atoms with Crippen molar-refractivity contribution < 1.29 is 9.18 Å². The number of amides is 1. The van der Waals surface area contributed by atoms with Gasteiger partial charge in [-0.25, -0.2) is 9.37 Å². The fourth-order valence-electron chi connectivity index (χ4n) is 4.46. The number of imidazole rings is 1. The first-order valence-corrected chi connectivity index (χ1v) is 10.6. The first kappa shape index (κ1) is 20.2. The molecule has 1 atom stereocenters. The van der Waals surface area contributed by atoms with Gasteiger partial charge >= 0.3 is 0 Å². The van der Waals surface area contributed by atoms with Crippen molar-refractivity contribution in [2.45, 2.75) is 50.6 Å². The number of likely N-dealkylation sites (N-methyl/N-ethyl adjacent to an activating group) is 1. The number of nitrogens with one attached hydrogen (secondary N) is 2. The lowest BCUT2D eigenvalue weighted by Gasteiger charge is -2.35. The van der Waals surface area contributed by atoms with Crippen molar-refractivity contribution in [2.75, 3.05) is 25.0 Å². The summed E-state index contributed by atoms with van der Waals surface area (Å²) in [7, 11) is 0. The van der Waals surface area contributed by atoms with Crippen LogP contribution < -0.4 is 10.6 Å². The Labute approximate surface area is 176 Å². The van der Waals surface area contributed by atoms with Crippen LogP contribution in [0.3, 0.4) is 0 Å². The summed E-state index contributed by atoms with van der Waals surface area (Å²) in [5, 5.41) is 6.55. The number of carbonyl (C=O) groups is 1. The number of hydrogen-bond donors (Lipinski definition) is 3. The van der Waals surface area contributed by atoms with Crippen LogP contribution in [0.15, 0.2) is 24.3 Å². The number of nitrogens with zero attached hydrogens (tertiary/aromatic N) is 3. The second kappa shape index (κ2) is 7.32. The molecular weight excluding hydrogens is 389 g/mol. The van der Waals surface area contributed by atoms with Gasteiger partial charge in [-0.3, -0.25) is 9.69 Å². The Bertz CT molecular complexity index is 926. The van der Waals surface area contributed by atoms with Crippen LogP contribution in [-0.2, 0) is 16.9 Å². The zero-order chi connectivity index (χ0) is 20.8. The van der Waals surface area contributed by atoms with Crippen molar-refractivity contribution in [1.82, 2.24) is 19.8 Å². The van der Waals surface area contributed by atoms with Gasteiger partial charge in [0.15, 0.2) is 0 Å². The molecule has 0 spiro atoms. The maximum absolute atomic E-state index is 13.5. The van der Waals surface area contributed by atoms with E-state index in [2.05, 4.69) is 22.5 Å². The largest absolute Gasteiger partial charge is 0.367 e.